The monoisotopic (exact) mass is 249 g/mol. The summed E-state index contributed by atoms with van der Waals surface area (Å²) in [4.78, 5) is 16.5. The van der Waals surface area contributed by atoms with Crippen LogP contribution in [0.2, 0.25) is 0 Å². The molecule has 0 N–H and O–H groups in total. The van der Waals surface area contributed by atoms with E-state index in [0.717, 1.165) is 5.69 Å². The van der Waals surface area contributed by atoms with E-state index in [2.05, 4.69) is 4.98 Å². The van der Waals surface area contributed by atoms with Crippen LogP contribution in [0.25, 0.3) is 0 Å². The van der Waals surface area contributed by atoms with Gasteiger partial charge >= 0.3 is 5.97 Å². The van der Waals surface area contributed by atoms with Crippen LogP contribution in [-0.4, -0.2) is 44.5 Å². The molecule has 0 bridgehead atoms. The van der Waals surface area contributed by atoms with Gasteiger partial charge in [-0.1, -0.05) is 6.07 Å². The Morgan fingerprint density at radius 1 is 1.28 bits per heavy atom. The van der Waals surface area contributed by atoms with Crippen molar-refractivity contribution in [2.75, 3.05) is 33.5 Å². The number of aromatic nitrogens is 1. The molecule has 2 saturated heterocycles. The highest BCUT2D eigenvalue weighted by Crippen LogP contribution is 2.51. The summed E-state index contributed by atoms with van der Waals surface area (Å²) >= 11 is 0. The normalized spacial score (nSPS) is 23.6. The predicted molar refractivity (Wildman–Crippen MR) is 62.0 cm³/mol. The molecule has 3 rings (SSSR count). The lowest BCUT2D eigenvalue weighted by Gasteiger charge is -2.56. The highest BCUT2D eigenvalue weighted by Gasteiger charge is 2.67. The second kappa shape index (κ2) is 4.03. The SMILES string of the molecule is COC(=O)C1(C2(c3ccccn3)COC2)COC1. The number of hydrogen-bond donors (Lipinski definition) is 0. The number of ether oxygens (including phenoxy) is 3. The van der Waals surface area contributed by atoms with Crippen molar-refractivity contribution in [3.8, 4) is 0 Å². The molecule has 2 aliphatic rings. The van der Waals surface area contributed by atoms with E-state index in [1.165, 1.54) is 7.11 Å². The molecule has 1 aromatic rings. The first-order valence-electron chi connectivity index (χ1n) is 5.91. The van der Waals surface area contributed by atoms with Crippen molar-refractivity contribution in [2.24, 2.45) is 5.41 Å². The third kappa shape index (κ3) is 1.29. The van der Waals surface area contributed by atoms with Gasteiger partial charge in [0.1, 0.15) is 5.41 Å². The predicted octanol–water partition coefficient (Wildman–Crippen LogP) is 0.539. The zero-order valence-electron chi connectivity index (χ0n) is 10.2. The van der Waals surface area contributed by atoms with E-state index in [9.17, 15) is 4.79 Å². The van der Waals surface area contributed by atoms with Crippen molar-refractivity contribution in [1.82, 2.24) is 4.98 Å². The summed E-state index contributed by atoms with van der Waals surface area (Å²) in [5, 5.41) is 0. The number of carbonyl (C=O) groups excluding carboxylic acids is 1. The summed E-state index contributed by atoms with van der Waals surface area (Å²) in [6.07, 6.45) is 1.74. The number of carbonyl (C=O) groups is 1. The Hall–Kier alpha value is -1.46. The van der Waals surface area contributed by atoms with Crippen molar-refractivity contribution in [3.05, 3.63) is 30.1 Å². The Morgan fingerprint density at radius 2 is 2.00 bits per heavy atom. The van der Waals surface area contributed by atoms with Crippen LogP contribution in [0.15, 0.2) is 24.4 Å². The van der Waals surface area contributed by atoms with Gasteiger partial charge in [0.15, 0.2) is 0 Å². The number of esters is 1. The van der Waals surface area contributed by atoms with Crippen LogP contribution >= 0.6 is 0 Å². The average molecular weight is 249 g/mol. The van der Waals surface area contributed by atoms with Gasteiger partial charge in [0.25, 0.3) is 0 Å². The first kappa shape index (κ1) is 11.6. The third-order valence-corrected chi connectivity index (χ3v) is 4.04. The molecule has 0 radical (unpaired) electrons. The fraction of sp³-hybridized carbons (Fsp3) is 0.538. The van der Waals surface area contributed by atoms with Crippen LogP contribution < -0.4 is 0 Å². The van der Waals surface area contributed by atoms with Crippen LogP contribution in [0, 0.1) is 5.41 Å². The first-order valence-corrected chi connectivity index (χ1v) is 5.91. The van der Waals surface area contributed by atoms with Gasteiger partial charge in [-0.05, 0) is 12.1 Å². The van der Waals surface area contributed by atoms with Gasteiger partial charge in [-0.2, -0.15) is 0 Å². The molecule has 2 fully saturated rings. The maximum absolute atomic E-state index is 12.1. The molecule has 0 spiro atoms. The third-order valence-electron chi connectivity index (χ3n) is 4.04. The molecule has 5 heteroatoms. The largest absolute Gasteiger partial charge is 0.468 e. The molecule has 1 aromatic heterocycles. The summed E-state index contributed by atoms with van der Waals surface area (Å²) < 4.78 is 15.6. The molecule has 0 aromatic carbocycles. The number of rotatable bonds is 3. The molecule has 0 aliphatic carbocycles. The Balaban J connectivity index is 2.04. The minimum Gasteiger partial charge on any atom is -0.468 e. The molecule has 18 heavy (non-hydrogen) atoms. The fourth-order valence-corrected chi connectivity index (χ4v) is 2.71. The Kier molecular flexibility index (Phi) is 2.60. The fourth-order valence-electron chi connectivity index (χ4n) is 2.71. The van der Waals surface area contributed by atoms with Gasteiger partial charge in [0.05, 0.1) is 44.6 Å². The van der Waals surface area contributed by atoms with Gasteiger partial charge in [-0.25, -0.2) is 0 Å². The van der Waals surface area contributed by atoms with Crippen molar-refractivity contribution < 1.29 is 19.0 Å². The Labute approximate surface area is 105 Å². The number of nitrogens with zero attached hydrogens (tertiary/aromatic N) is 1. The highest BCUT2D eigenvalue weighted by molar-refractivity contribution is 5.81. The van der Waals surface area contributed by atoms with E-state index in [1.54, 1.807) is 6.20 Å². The van der Waals surface area contributed by atoms with Gasteiger partial charge in [0.2, 0.25) is 0 Å². The smallest absolute Gasteiger partial charge is 0.317 e. The van der Waals surface area contributed by atoms with E-state index in [4.69, 9.17) is 14.2 Å². The topological polar surface area (TPSA) is 57.7 Å². The van der Waals surface area contributed by atoms with E-state index in [0.29, 0.717) is 26.4 Å². The van der Waals surface area contributed by atoms with E-state index < -0.39 is 10.8 Å². The molecule has 96 valence electrons. The Bertz CT molecular complexity index is 451. The second-order valence-corrected chi connectivity index (χ2v) is 4.86. The average Bonchev–Trinajstić information content (AvgIpc) is 2.31. The number of methoxy groups -OCH3 is 1. The first-order chi connectivity index (χ1) is 8.75. The molecule has 0 atom stereocenters. The summed E-state index contributed by atoms with van der Waals surface area (Å²) in [5.74, 6) is -0.234. The zero-order valence-corrected chi connectivity index (χ0v) is 10.2. The lowest BCUT2D eigenvalue weighted by molar-refractivity contribution is -0.239. The van der Waals surface area contributed by atoms with E-state index in [-0.39, 0.29) is 5.97 Å². The minimum absolute atomic E-state index is 0.234. The second-order valence-electron chi connectivity index (χ2n) is 4.86. The molecule has 0 unspecified atom stereocenters. The van der Waals surface area contributed by atoms with Crippen molar-refractivity contribution in [2.45, 2.75) is 5.41 Å². The van der Waals surface area contributed by atoms with E-state index >= 15 is 0 Å². The summed E-state index contributed by atoms with van der Waals surface area (Å²) in [6.45, 7) is 1.73. The number of pyridine rings is 1. The minimum atomic E-state index is -0.644. The molecular weight excluding hydrogens is 234 g/mol. The summed E-state index contributed by atoms with van der Waals surface area (Å²) in [6, 6.07) is 5.72. The van der Waals surface area contributed by atoms with Crippen molar-refractivity contribution in [3.63, 3.8) is 0 Å². The standard InChI is InChI=1S/C13H15NO4/c1-16-11(15)13(8-18-9-13)12(6-17-7-12)10-4-2-3-5-14-10/h2-5H,6-9H2,1H3. The zero-order chi connectivity index (χ0) is 12.6. The molecule has 0 saturated carbocycles. The van der Waals surface area contributed by atoms with Crippen LogP contribution in [-0.2, 0) is 24.4 Å². The molecule has 2 aliphatic heterocycles. The molecular formula is C13H15NO4. The van der Waals surface area contributed by atoms with Gasteiger partial charge in [-0.3, -0.25) is 9.78 Å². The molecule has 0 amide bonds. The maximum Gasteiger partial charge on any atom is 0.317 e. The van der Waals surface area contributed by atoms with Gasteiger partial charge in [0, 0.05) is 6.20 Å². The van der Waals surface area contributed by atoms with E-state index in [1.807, 2.05) is 18.2 Å². The summed E-state index contributed by atoms with van der Waals surface area (Å²) in [5.41, 5.74) is -0.168. The van der Waals surface area contributed by atoms with Gasteiger partial charge < -0.3 is 14.2 Å². The van der Waals surface area contributed by atoms with Crippen LogP contribution in [0.3, 0.4) is 0 Å². The van der Waals surface area contributed by atoms with Crippen LogP contribution in [0.1, 0.15) is 5.69 Å². The molecule has 5 nitrogen and oxygen atoms in total. The van der Waals surface area contributed by atoms with Crippen molar-refractivity contribution in [1.29, 1.82) is 0 Å². The summed E-state index contributed by atoms with van der Waals surface area (Å²) in [7, 11) is 1.41. The lowest BCUT2D eigenvalue weighted by Crippen LogP contribution is -2.70. The highest BCUT2D eigenvalue weighted by atomic mass is 16.6. The van der Waals surface area contributed by atoms with Crippen LogP contribution in [0.5, 0.6) is 0 Å². The van der Waals surface area contributed by atoms with Gasteiger partial charge in [-0.15, -0.1) is 0 Å². The molecule has 3 heterocycles. The number of hydrogen-bond acceptors (Lipinski definition) is 5. The lowest BCUT2D eigenvalue weighted by atomic mass is 9.58. The Morgan fingerprint density at radius 3 is 2.39 bits per heavy atom. The van der Waals surface area contributed by atoms with Crippen molar-refractivity contribution >= 4 is 5.97 Å². The van der Waals surface area contributed by atoms with Crippen LogP contribution in [0.4, 0.5) is 0 Å². The quantitative estimate of drug-likeness (QED) is 0.732. The maximum atomic E-state index is 12.1.